The van der Waals surface area contributed by atoms with Crippen LogP contribution in [0.25, 0.3) is 22.5 Å². The second-order valence-electron chi connectivity index (χ2n) is 6.62. The van der Waals surface area contributed by atoms with E-state index >= 15 is 0 Å². The van der Waals surface area contributed by atoms with Crippen molar-refractivity contribution in [3.05, 3.63) is 65.2 Å². The van der Waals surface area contributed by atoms with Gasteiger partial charge in [0, 0.05) is 34.7 Å². The van der Waals surface area contributed by atoms with Crippen molar-refractivity contribution in [2.24, 2.45) is 0 Å². The number of hydrogen-bond acceptors (Lipinski definition) is 2. The fourth-order valence-corrected chi connectivity index (χ4v) is 3.30. The molecule has 4 nitrogen and oxygen atoms in total. The number of nitrogens with zero attached hydrogens (tertiary/aromatic N) is 1. The Balaban J connectivity index is 1.60. The van der Waals surface area contributed by atoms with Gasteiger partial charge in [-0.1, -0.05) is 43.3 Å². The first-order chi connectivity index (χ1) is 12.2. The number of fused-ring (bicyclic) bond motifs is 3. The molecule has 1 atom stereocenters. The molecule has 4 rings (SSSR count). The molecule has 1 aromatic heterocycles. The fraction of sp³-hybridized carbons (Fsp3) is 0.238. The molecule has 1 aliphatic carbocycles. The summed E-state index contributed by atoms with van der Waals surface area (Å²) in [5.74, 6) is -0.0273. The van der Waals surface area contributed by atoms with Crippen molar-refractivity contribution < 1.29 is 4.79 Å². The summed E-state index contributed by atoms with van der Waals surface area (Å²) in [5, 5.41) is 10.7. The van der Waals surface area contributed by atoms with Crippen LogP contribution in [0.5, 0.6) is 0 Å². The Morgan fingerprint density at radius 1 is 1.20 bits per heavy atom. The highest BCUT2D eigenvalue weighted by atomic mass is 16.1. The quantitative estimate of drug-likeness (QED) is 0.589. The summed E-state index contributed by atoms with van der Waals surface area (Å²) >= 11 is 0. The Kier molecular flexibility index (Phi) is 3.88. The Hall–Kier alpha value is -2.88. The minimum atomic E-state index is -0.0273. The normalized spacial score (nSPS) is 13.2. The molecule has 1 unspecified atom stereocenters. The van der Waals surface area contributed by atoms with Gasteiger partial charge in [0.25, 0.3) is 5.91 Å². The van der Waals surface area contributed by atoms with E-state index in [1.165, 1.54) is 16.7 Å². The zero-order chi connectivity index (χ0) is 17.4. The highest BCUT2D eigenvalue weighted by Crippen LogP contribution is 2.39. The summed E-state index contributed by atoms with van der Waals surface area (Å²) in [6.07, 6.45) is 1.82. The second-order valence-corrected chi connectivity index (χ2v) is 6.62. The molecule has 0 spiro atoms. The molecule has 3 aromatic rings. The number of H-pyrrole nitrogens is 1. The first-order valence-corrected chi connectivity index (χ1v) is 8.74. The third kappa shape index (κ3) is 2.74. The van der Waals surface area contributed by atoms with Crippen molar-refractivity contribution in [2.75, 3.05) is 0 Å². The van der Waals surface area contributed by atoms with Gasteiger partial charge >= 0.3 is 0 Å². The van der Waals surface area contributed by atoms with E-state index in [9.17, 15) is 4.79 Å². The van der Waals surface area contributed by atoms with Crippen molar-refractivity contribution in [1.29, 1.82) is 0 Å². The third-order valence-electron chi connectivity index (χ3n) is 4.93. The standard InChI is InChI=1S/C21H21N3O/c1-3-13(2)22-21(25)15-10-8-14(9-11-15)19-18-12-16-6-4-5-7-17(16)20(18)24-23-19/h4-11,13H,3,12H2,1-2H3,(H,22,25)(H,23,24). The van der Waals surface area contributed by atoms with Crippen LogP contribution in [0.3, 0.4) is 0 Å². The number of carbonyl (C=O) groups is 1. The lowest BCUT2D eigenvalue weighted by Gasteiger charge is -2.11. The van der Waals surface area contributed by atoms with Crippen molar-refractivity contribution in [2.45, 2.75) is 32.7 Å². The van der Waals surface area contributed by atoms with Gasteiger partial charge in [0.2, 0.25) is 0 Å². The largest absolute Gasteiger partial charge is 0.350 e. The second kappa shape index (κ2) is 6.20. The molecule has 25 heavy (non-hydrogen) atoms. The zero-order valence-corrected chi connectivity index (χ0v) is 14.5. The van der Waals surface area contributed by atoms with Crippen molar-refractivity contribution >= 4 is 5.91 Å². The first-order valence-electron chi connectivity index (χ1n) is 8.74. The van der Waals surface area contributed by atoms with E-state index in [1.807, 2.05) is 31.2 Å². The number of aromatic amines is 1. The summed E-state index contributed by atoms with van der Waals surface area (Å²) < 4.78 is 0. The monoisotopic (exact) mass is 331 g/mol. The maximum atomic E-state index is 12.2. The van der Waals surface area contributed by atoms with Gasteiger partial charge in [-0.2, -0.15) is 5.10 Å². The van der Waals surface area contributed by atoms with Crippen LogP contribution in [0, 0.1) is 0 Å². The van der Waals surface area contributed by atoms with Crippen LogP contribution in [0.1, 0.15) is 41.8 Å². The fourth-order valence-electron chi connectivity index (χ4n) is 3.30. The molecule has 0 bridgehead atoms. The highest BCUT2D eigenvalue weighted by Gasteiger charge is 2.24. The van der Waals surface area contributed by atoms with Crippen LogP contribution in [-0.2, 0) is 6.42 Å². The predicted molar refractivity (Wildman–Crippen MR) is 99.5 cm³/mol. The predicted octanol–water partition coefficient (Wildman–Crippen LogP) is 4.18. The topological polar surface area (TPSA) is 57.8 Å². The van der Waals surface area contributed by atoms with Gasteiger partial charge in [0.05, 0.1) is 11.4 Å². The smallest absolute Gasteiger partial charge is 0.251 e. The lowest BCUT2D eigenvalue weighted by molar-refractivity contribution is 0.0939. The number of rotatable bonds is 4. The van der Waals surface area contributed by atoms with E-state index in [1.54, 1.807) is 0 Å². The van der Waals surface area contributed by atoms with Crippen LogP contribution in [-0.4, -0.2) is 22.1 Å². The maximum Gasteiger partial charge on any atom is 0.251 e. The molecule has 2 aromatic carbocycles. The van der Waals surface area contributed by atoms with Gasteiger partial charge in [-0.05, 0) is 31.0 Å². The van der Waals surface area contributed by atoms with E-state index in [0.29, 0.717) is 5.56 Å². The zero-order valence-electron chi connectivity index (χ0n) is 14.5. The van der Waals surface area contributed by atoms with Crippen LogP contribution in [0.15, 0.2) is 48.5 Å². The summed E-state index contributed by atoms with van der Waals surface area (Å²) in [6.45, 7) is 4.07. The number of hydrogen-bond donors (Lipinski definition) is 2. The van der Waals surface area contributed by atoms with Crippen LogP contribution >= 0.6 is 0 Å². The average Bonchev–Trinajstić information content (AvgIpc) is 3.20. The third-order valence-corrected chi connectivity index (χ3v) is 4.93. The number of aromatic nitrogens is 2. The molecule has 0 saturated heterocycles. The van der Waals surface area contributed by atoms with E-state index < -0.39 is 0 Å². The number of benzene rings is 2. The van der Waals surface area contributed by atoms with Crippen LogP contribution in [0.2, 0.25) is 0 Å². The average molecular weight is 331 g/mol. The van der Waals surface area contributed by atoms with Crippen LogP contribution in [0.4, 0.5) is 0 Å². The molecule has 0 fully saturated rings. The summed E-state index contributed by atoms with van der Waals surface area (Å²) in [5.41, 5.74) is 7.60. The minimum Gasteiger partial charge on any atom is -0.350 e. The van der Waals surface area contributed by atoms with Gasteiger partial charge in [-0.15, -0.1) is 0 Å². The SMILES string of the molecule is CCC(C)NC(=O)c1ccc(-c2n[nH]c3c2Cc2ccccc2-3)cc1. The molecule has 1 aliphatic rings. The molecule has 2 N–H and O–H groups in total. The Morgan fingerprint density at radius 2 is 1.96 bits per heavy atom. The number of nitrogens with one attached hydrogen (secondary N) is 2. The van der Waals surface area contributed by atoms with Gasteiger partial charge in [-0.25, -0.2) is 0 Å². The summed E-state index contributed by atoms with van der Waals surface area (Å²) in [7, 11) is 0. The van der Waals surface area contributed by atoms with E-state index in [-0.39, 0.29) is 11.9 Å². The van der Waals surface area contributed by atoms with E-state index in [2.05, 4.69) is 46.7 Å². The highest BCUT2D eigenvalue weighted by molar-refractivity contribution is 5.95. The van der Waals surface area contributed by atoms with Gasteiger partial charge < -0.3 is 5.32 Å². The van der Waals surface area contributed by atoms with Crippen molar-refractivity contribution in [1.82, 2.24) is 15.5 Å². The molecule has 0 aliphatic heterocycles. The Labute approximate surface area is 147 Å². The van der Waals surface area contributed by atoms with Crippen molar-refractivity contribution in [3.63, 3.8) is 0 Å². The molecular formula is C21H21N3O. The molecule has 126 valence electrons. The molecule has 0 saturated carbocycles. The molecule has 0 radical (unpaired) electrons. The van der Waals surface area contributed by atoms with Crippen molar-refractivity contribution in [3.8, 4) is 22.5 Å². The van der Waals surface area contributed by atoms with E-state index in [4.69, 9.17) is 0 Å². The van der Waals surface area contributed by atoms with Gasteiger partial charge in [0.15, 0.2) is 0 Å². The number of amides is 1. The first kappa shape index (κ1) is 15.6. The van der Waals surface area contributed by atoms with Gasteiger partial charge in [-0.3, -0.25) is 9.89 Å². The minimum absolute atomic E-state index is 0.0273. The van der Waals surface area contributed by atoms with Gasteiger partial charge in [0.1, 0.15) is 0 Å². The summed E-state index contributed by atoms with van der Waals surface area (Å²) in [4.78, 5) is 12.2. The summed E-state index contributed by atoms with van der Waals surface area (Å²) in [6, 6.07) is 16.3. The Bertz CT molecular complexity index is 925. The number of carbonyl (C=O) groups excluding carboxylic acids is 1. The lowest BCUT2D eigenvalue weighted by Crippen LogP contribution is -2.31. The maximum absolute atomic E-state index is 12.2. The molecular weight excluding hydrogens is 310 g/mol. The lowest BCUT2D eigenvalue weighted by atomic mass is 10.0. The molecule has 1 heterocycles. The molecule has 1 amide bonds. The Morgan fingerprint density at radius 3 is 2.72 bits per heavy atom. The van der Waals surface area contributed by atoms with Crippen LogP contribution < -0.4 is 5.32 Å². The molecule has 4 heteroatoms. The van der Waals surface area contributed by atoms with E-state index in [0.717, 1.165) is 29.8 Å².